The fourth-order valence-electron chi connectivity index (χ4n) is 1.33. The molecule has 1 aromatic rings. The molecule has 0 aliphatic rings. The molecule has 7 heteroatoms. The van der Waals surface area contributed by atoms with Crippen LogP contribution in [0.3, 0.4) is 0 Å². The van der Waals surface area contributed by atoms with E-state index in [0.717, 1.165) is 0 Å². The van der Waals surface area contributed by atoms with Crippen LogP contribution in [-0.4, -0.2) is 36.0 Å². The van der Waals surface area contributed by atoms with Crippen LogP contribution in [0.15, 0.2) is 17.3 Å². The molecule has 0 aliphatic heterocycles. The van der Waals surface area contributed by atoms with E-state index in [1.54, 1.807) is 7.05 Å². The predicted octanol–water partition coefficient (Wildman–Crippen LogP) is -0.141. The van der Waals surface area contributed by atoms with E-state index >= 15 is 0 Å². The molecule has 0 bridgehead atoms. The average Bonchev–Trinajstić information content (AvgIpc) is 2.64. The van der Waals surface area contributed by atoms with Crippen LogP contribution in [0.5, 0.6) is 0 Å². The summed E-state index contributed by atoms with van der Waals surface area (Å²) in [7, 11) is -1.86. The largest absolute Gasteiger partial charge is 0.396 e. The van der Waals surface area contributed by atoms with E-state index < -0.39 is 10.0 Å². The highest BCUT2D eigenvalue weighted by Gasteiger charge is 2.19. The van der Waals surface area contributed by atoms with E-state index in [9.17, 15) is 8.42 Å². The summed E-state index contributed by atoms with van der Waals surface area (Å²) in [6, 6.07) is -0.241. The van der Waals surface area contributed by atoms with Gasteiger partial charge in [0.25, 0.3) is 0 Å². The van der Waals surface area contributed by atoms with Gasteiger partial charge in [0.15, 0.2) is 0 Å². The van der Waals surface area contributed by atoms with Gasteiger partial charge in [-0.25, -0.2) is 13.1 Å². The van der Waals surface area contributed by atoms with Gasteiger partial charge in [0.05, 0.1) is 6.20 Å². The molecule has 0 amide bonds. The third-order valence-electron chi connectivity index (χ3n) is 2.28. The SMILES string of the molecule is CCC(CCO)NS(=O)(=O)c1cnn(C)c1. The Kier molecular flexibility index (Phi) is 4.45. The minimum absolute atomic E-state index is 0.0337. The van der Waals surface area contributed by atoms with Crippen molar-refractivity contribution in [3.05, 3.63) is 12.4 Å². The van der Waals surface area contributed by atoms with Crippen LogP contribution in [0.25, 0.3) is 0 Å². The molecule has 1 aromatic heterocycles. The van der Waals surface area contributed by atoms with Gasteiger partial charge in [0.2, 0.25) is 10.0 Å². The number of nitrogens with zero attached hydrogens (tertiary/aromatic N) is 2. The predicted molar refractivity (Wildman–Crippen MR) is 59.3 cm³/mol. The summed E-state index contributed by atoms with van der Waals surface area (Å²) in [6.45, 7) is 1.83. The molecule has 0 fully saturated rings. The van der Waals surface area contributed by atoms with Gasteiger partial charge in [-0.3, -0.25) is 4.68 Å². The summed E-state index contributed by atoms with van der Waals surface area (Å²) < 4.78 is 27.7. The van der Waals surface area contributed by atoms with Crippen LogP contribution in [0.1, 0.15) is 19.8 Å². The standard InChI is InChI=1S/C9H17N3O3S/c1-3-8(4-5-13)11-16(14,15)9-6-10-12(2)7-9/h6-8,11,13H,3-5H2,1-2H3. The number of rotatable bonds is 6. The summed E-state index contributed by atoms with van der Waals surface area (Å²) in [5, 5.41) is 12.6. The third kappa shape index (κ3) is 3.29. The van der Waals surface area contributed by atoms with Gasteiger partial charge >= 0.3 is 0 Å². The molecule has 0 aliphatic carbocycles. The summed E-state index contributed by atoms with van der Waals surface area (Å²) in [5.74, 6) is 0. The molecule has 0 saturated heterocycles. The highest BCUT2D eigenvalue weighted by atomic mass is 32.2. The van der Waals surface area contributed by atoms with Crippen molar-refractivity contribution >= 4 is 10.0 Å². The third-order valence-corrected chi connectivity index (χ3v) is 3.76. The number of aromatic nitrogens is 2. The van der Waals surface area contributed by atoms with E-state index in [1.807, 2.05) is 6.92 Å². The molecular formula is C9H17N3O3S. The number of sulfonamides is 1. The minimum Gasteiger partial charge on any atom is -0.396 e. The molecule has 0 saturated carbocycles. The number of hydrogen-bond acceptors (Lipinski definition) is 4. The Morgan fingerprint density at radius 1 is 1.62 bits per heavy atom. The number of aliphatic hydroxyl groups is 1. The van der Waals surface area contributed by atoms with Crippen molar-refractivity contribution in [2.75, 3.05) is 6.61 Å². The molecule has 16 heavy (non-hydrogen) atoms. The molecule has 0 spiro atoms. The van der Waals surface area contributed by atoms with E-state index in [4.69, 9.17) is 5.11 Å². The van der Waals surface area contributed by atoms with E-state index in [1.165, 1.54) is 17.1 Å². The lowest BCUT2D eigenvalue weighted by molar-refractivity contribution is 0.270. The maximum absolute atomic E-state index is 11.8. The van der Waals surface area contributed by atoms with Crippen molar-refractivity contribution in [3.8, 4) is 0 Å². The molecule has 1 atom stereocenters. The number of aryl methyl sites for hydroxylation is 1. The lowest BCUT2D eigenvalue weighted by Crippen LogP contribution is -2.34. The Balaban J connectivity index is 2.78. The van der Waals surface area contributed by atoms with Gasteiger partial charge in [-0.1, -0.05) is 6.92 Å². The topological polar surface area (TPSA) is 84.2 Å². The molecule has 92 valence electrons. The first-order chi connectivity index (χ1) is 7.49. The van der Waals surface area contributed by atoms with Gasteiger partial charge < -0.3 is 5.11 Å². The van der Waals surface area contributed by atoms with Crippen molar-refractivity contribution in [2.45, 2.75) is 30.7 Å². The first-order valence-electron chi connectivity index (χ1n) is 5.11. The van der Waals surface area contributed by atoms with Crippen LogP contribution < -0.4 is 4.72 Å². The normalized spacial score (nSPS) is 13.9. The zero-order chi connectivity index (χ0) is 12.2. The Hall–Kier alpha value is -0.920. The lowest BCUT2D eigenvalue weighted by Gasteiger charge is -2.14. The lowest BCUT2D eigenvalue weighted by atomic mass is 10.2. The summed E-state index contributed by atoms with van der Waals surface area (Å²) in [6.07, 6.45) is 3.79. The summed E-state index contributed by atoms with van der Waals surface area (Å²) in [5.41, 5.74) is 0. The van der Waals surface area contributed by atoms with Crippen LogP contribution in [0.2, 0.25) is 0 Å². The van der Waals surface area contributed by atoms with Crippen LogP contribution >= 0.6 is 0 Å². The van der Waals surface area contributed by atoms with Gasteiger partial charge in [-0.15, -0.1) is 0 Å². The van der Waals surface area contributed by atoms with Crippen molar-refractivity contribution in [3.63, 3.8) is 0 Å². The first kappa shape index (κ1) is 13.1. The molecule has 1 unspecified atom stereocenters. The van der Waals surface area contributed by atoms with Gasteiger partial charge in [0, 0.05) is 25.9 Å². The van der Waals surface area contributed by atoms with Crippen LogP contribution in [0.4, 0.5) is 0 Å². The van der Waals surface area contributed by atoms with Crippen molar-refractivity contribution in [2.24, 2.45) is 7.05 Å². The molecule has 1 rings (SSSR count). The zero-order valence-electron chi connectivity index (χ0n) is 9.42. The highest BCUT2D eigenvalue weighted by Crippen LogP contribution is 2.09. The molecule has 6 nitrogen and oxygen atoms in total. The second-order valence-electron chi connectivity index (χ2n) is 3.59. The molecular weight excluding hydrogens is 230 g/mol. The molecule has 2 N–H and O–H groups in total. The number of hydrogen-bond donors (Lipinski definition) is 2. The van der Waals surface area contributed by atoms with Crippen molar-refractivity contribution < 1.29 is 13.5 Å². The van der Waals surface area contributed by atoms with Crippen LogP contribution in [0, 0.1) is 0 Å². The maximum Gasteiger partial charge on any atom is 0.243 e. The molecule has 0 radical (unpaired) electrons. The molecule has 0 aromatic carbocycles. The Labute approximate surface area is 95.3 Å². The smallest absolute Gasteiger partial charge is 0.243 e. The number of nitrogens with one attached hydrogen (secondary N) is 1. The Bertz CT molecular complexity index is 427. The second-order valence-corrected chi connectivity index (χ2v) is 5.30. The summed E-state index contributed by atoms with van der Waals surface area (Å²) in [4.78, 5) is 0.145. The first-order valence-corrected chi connectivity index (χ1v) is 6.59. The Morgan fingerprint density at radius 3 is 2.75 bits per heavy atom. The monoisotopic (exact) mass is 247 g/mol. The second kappa shape index (κ2) is 5.42. The van der Waals surface area contributed by atoms with E-state index in [-0.39, 0.29) is 17.5 Å². The van der Waals surface area contributed by atoms with Crippen molar-refractivity contribution in [1.29, 1.82) is 0 Å². The fourth-order valence-corrected chi connectivity index (χ4v) is 2.66. The maximum atomic E-state index is 11.8. The average molecular weight is 247 g/mol. The molecule has 1 heterocycles. The van der Waals surface area contributed by atoms with E-state index in [0.29, 0.717) is 12.8 Å². The zero-order valence-corrected chi connectivity index (χ0v) is 10.2. The fraction of sp³-hybridized carbons (Fsp3) is 0.667. The number of aliphatic hydroxyl groups excluding tert-OH is 1. The van der Waals surface area contributed by atoms with Gasteiger partial charge in [0.1, 0.15) is 4.90 Å². The van der Waals surface area contributed by atoms with Crippen LogP contribution in [-0.2, 0) is 17.1 Å². The van der Waals surface area contributed by atoms with E-state index in [2.05, 4.69) is 9.82 Å². The van der Waals surface area contributed by atoms with Gasteiger partial charge in [-0.05, 0) is 12.8 Å². The quantitative estimate of drug-likeness (QED) is 0.732. The minimum atomic E-state index is -3.52. The van der Waals surface area contributed by atoms with Gasteiger partial charge in [-0.2, -0.15) is 5.10 Å². The highest BCUT2D eigenvalue weighted by molar-refractivity contribution is 7.89. The Morgan fingerprint density at radius 2 is 2.31 bits per heavy atom. The summed E-state index contributed by atoms with van der Waals surface area (Å²) >= 11 is 0. The van der Waals surface area contributed by atoms with Crippen molar-refractivity contribution in [1.82, 2.24) is 14.5 Å².